The predicted molar refractivity (Wildman–Crippen MR) is 87.1 cm³/mol. The van der Waals surface area contributed by atoms with Gasteiger partial charge >= 0.3 is 0 Å². The summed E-state index contributed by atoms with van der Waals surface area (Å²) in [5.41, 5.74) is 0. The van der Waals surface area contributed by atoms with Gasteiger partial charge in [0, 0.05) is 24.2 Å². The zero-order chi connectivity index (χ0) is 14.7. The zero-order valence-corrected chi connectivity index (χ0v) is 12.8. The number of likely N-dealkylation sites (tertiary alicyclic amines) is 1. The Bertz CT molecular complexity index is 608. The van der Waals surface area contributed by atoms with Crippen LogP contribution in [0, 0.1) is 0 Å². The van der Waals surface area contributed by atoms with Gasteiger partial charge < -0.3 is 10.1 Å². The first-order valence-corrected chi connectivity index (χ1v) is 7.68. The molecule has 1 aliphatic rings. The van der Waals surface area contributed by atoms with Crippen molar-refractivity contribution in [1.82, 2.24) is 9.88 Å². The van der Waals surface area contributed by atoms with Gasteiger partial charge in [-0.3, -0.25) is 4.90 Å². The maximum absolute atomic E-state index is 5.28. The van der Waals surface area contributed by atoms with Crippen molar-refractivity contribution in [2.45, 2.75) is 25.8 Å². The van der Waals surface area contributed by atoms with E-state index in [1.165, 1.54) is 25.9 Å². The van der Waals surface area contributed by atoms with E-state index in [4.69, 9.17) is 4.74 Å². The number of rotatable bonds is 5. The van der Waals surface area contributed by atoms with Gasteiger partial charge in [0.2, 0.25) is 0 Å². The van der Waals surface area contributed by atoms with E-state index in [0.29, 0.717) is 6.04 Å². The molecule has 1 fully saturated rings. The van der Waals surface area contributed by atoms with Gasteiger partial charge in [0.1, 0.15) is 11.6 Å². The number of nitrogens with one attached hydrogen (secondary N) is 1. The fourth-order valence-corrected chi connectivity index (χ4v) is 2.98. The molecule has 112 valence electrons. The van der Waals surface area contributed by atoms with E-state index in [1.54, 1.807) is 7.11 Å². The molecule has 0 radical (unpaired) electrons. The number of ether oxygens (including phenoxy) is 1. The molecule has 0 spiro atoms. The summed E-state index contributed by atoms with van der Waals surface area (Å²) in [7, 11) is 1.69. The van der Waals surface area contributed by atoms with Crippen LogP contribution < -0.4 is 10.1 Å². The molecule has 1 atom stereocenters. The molecule has 0 aliphatic carbocycles. The zero-order valence-electron chi connectivity index (χ0n) is 12.8. The van der Waals surface area contributed by atoms with Crippen LogP contribution in [0.2, 0.25) is 0 Å². The van der Waals surface area contributed by atoms with Crippen molar-refractivity contribution in [3.63, 3.8) is 0 Å². The molecule has 0 amide bonds. The lowest BCUT2D eigenvalue weighted by Gasteiger charge is -2.24. The summed E-state index contributed by atoms with van der Waals surface area (Å²) in [6.45, 7) is 5.66. The van der Waals surface area contributed by atoms with Crippen LogP contribution in [0.1, 0.15) is 19.8 Å². The molecule has 4 nitrogen and oxygen atoms in total. The fraction of sp³-hybridized carbons (Fsp3) is 0.471. The number of hydrogen-bond donors (Lipinski definition) is 1. The van der Waals surface area contributed by atoms with Crippen molar-refractivity contribution in [3.8, 4) is 5.75 Å². The third-order valence-corrected chi connectivity index (χ3v) is 4.30. The summed E-state index contributed by atoms with van der Waals surface area (Å²) >= 11 is 0. The summed E-state index contributed by atoms with van der Waals surface area (Å²) in [6, 6.07) is 8.67. The minimum Gasteiger partial charge on any atom is -0.497 e. The third-order valence-electron chi connectivity index (χ3n) is 4.30. The largest absolute Gasteiger partial charge is 0.497 e. The molecule has 1 saturated heterocycles. The SMILES string of the molecule is COc1ccc2c(NCC(C)N3CCCC3)nccc2c1. The van der Waals surface area contributed by atoms with Gasteiger partial charge in [0.15, 0.2) is 0 Å². The van der Waals surface area contributed by atoms with Crippen LogP contribution in [-0.2, 0) is 0 Å². The number of aromatic nitrogens is 1. The average Bonchev–Trinajstić information content (AvgIpc) is 3.06. The lowest BCUT2D eigenvalue weighted by molar-refractivity contribution is 0.269. The topological polar surface area (TPSA) is 37.4 Å². The number of methoxy groups -OCH3 is 1. The molecular weight excluding hydrogens is 262 g/mol. The minimum atomic E-state index is 0.544. The van der Waals surface area contributed by atoms with Gasteiger partial charge in [-0.05, 0) is 62.5 Å². The molecule has 4 heteroatoms. The quantitative estimate of drug-likeness (QED) is 0.916. The Kier molecular flexibility index (Phi) is 4.25. The van der Waals surface area contributed by atoms with E-state index in [1.807, 2.05) is 24.4 Å². The van der Waals surface area contributed by atoms with Crippen LogP contribution in [-0.4, -0.2) is 42.7 Å². The van der Waals surface area contributed by atoms with E-state index in [0.717, 1.165) is 28.9 Å². The van der Waals surface area contributed by atoms with Crippen molar-refractivity contribution < 1.29 is 4.74 Å². The second-order valence-corrected chi connectivity index (χ2v) is 5.72. The molecule has 1 aromatic heterocycles. The normalized spacial score (nSPS) is 17.0. The van der Waals surface area contributed by atoms with E-state index in [-0.39, 0.29) is 0 Å². The first kappa shape index (κ1) is 14.1. The summed E-state index contributed by atoms with van der Waals surface area (Å²) in [6.07, 6.45) is 4.51. The highest BCUT2D eigenvalue weighted by atomic mass is 16.5. The Labute approximate surface area is 126 Å². The number of hydrogen-bond acceptors (Lipinski definition) is 4. The van der Waals surface area contributed by atoms with E-state index in [9.17, 15) is 0 Å². The van der Waals surface area contributed by atoms with Crippen molar-refractivity contribution in [3.05, 3.63) is 30.5 Å². The molecule has 21 heavy (non-hydrogen) atoms. The molecule has 3 rings (SSSR count). The van der Waals surface area contributed by atoms with Crippen molar-refractivity contribution in [1.29, 1.82) is 0 Å². The summed E-state index contributed by atoms with van der Waals surface area (Å²) < 4.78 is 5.28. The highest BCUT2D eigenvalue weighted by Gasteiger charge is 2.17. The second-order valence-electron chi connectivity index (χ2n) is 5.72. The molecule has 0 bridgehead atoms. The van der Waals surface area contributed by atoms with Gasteiger partial charge in [-0.1, -0.05) is 0 Å². The molecular formula is C17H23N3O. The first-order chi connectivity index (χ1) is 10.3. The van der Waals surface area contributed by atoms with Crippen molar-refractivity contribution in [2.24, 2.45) is 0 Å². The molecule has 1 N–H and O–H groups in total. The lowest BCUT2D eigenvalue weighted by atomic mass is 10.1. The minimum absolute atomic E-state index is 0.544. The highest BCUT2D eigenvalue weighted by Crippen LogP contribution is 2.25. The molecule has 1 aromatic carbocycles. The van der Waals surface area contributed by atoms with Crippen LogP contribution in [0.4, 0.5) is 5.82 Å². The van der Waals surface area contributed by atoms with Crippen molar-refractivity contribution >= 4 is 16.6 Å². The maximum atomic E-state index is 5.28. The third kappa shape index (κ3) is 3.10. The standard InChI is InChI=1S/C17H23N3O/c1-13(20-9-3-4-10-20)12-19-17-16-6-5-15(21-2)11-14(16)7-8-18-17/h5-8,11,13H,3-4,9-10,12H2,1-2H3,(H,18,19). The average molecular weight is 285 g/mol. The number of anilines is 1. The van der Waals surface area contributed by atoms with Crippen LogP contribution in [0.3, 0.4) is 0 Å². The maximum Gasteiger partial charge on any atom is 0.133 e. The molecule has 0 saturated carbocycles. The predicted octanol–water partition coefficient (Wildman–Crippen LogP) is 3.14. The number of fused-ring (bicyclic) bond motifs is 1. The van der Waals surface area contributed by atoms with Gasteiger partial charge in [0.25, 0.3) is 0 Å². The fourth-order valence-electron chi connectivity index (χ4n) is 2.98. The highest BCUT2D eigenvalue weighted by molar-refractivity contribution is 5.92. The van der Waals surface area contributed by atoms with Crippen LogP contribution in [0.25, 0.3) is 10.8 Å². The molecule has 1 unspecified atom stereocenters. The van der Waals surface area contributed by atoms with Gasteiger partial charge in [-0.2, -0.15) is 0 Å². The number of benzene rings is 1. The van der Waals surface area contributed by atoms with E-state index < -0.39 is 0 Å². The van der Waals surface area contributed by atoms with Crippen LogP contribution in [0.15, 0.2) is 30.5 Å². The number of pyridine rings is 1. The lowest BCUT2D eigenvalue weighted by Crippen LogP contribution is -2.35. The molecule has 2 aromatic rings. The van der Waals surface area contributed by atoms with E-state index in [2.05, 4.69) is 28.2 Å². The smallest absolute Gasteiger partial charge is 0.133 e. The first-order valence-electron chi connectivity index (χ1n) is 7.68. The van der Waals surface area contributed by atoms with Crippen LogP contribution in [0.5, 0.6) is 5.75 Å². The van der Waals surface area contributed by atoms with Gasteiger partial charge in [-0.25, -0.2) is 4.98 Å². The monoisotopic (exact) mass is 285 g/mol. The summed E-state index contributed by atoms with van der Waals surface area (Å²) in [5, 5.41) is 5.81. The van der Waals surface area contributed by atoms with Gasteiger partial charge in [-0.15, -0.1) is 0 Å². The van der Waals surface area contributed by atoms with E-state index >= 15 is 0 Å². The summed E-state index contributed by atoms with van der Waals surface area (Å²) in [4.78, 5) is 7.03. The van der Waals surface area contributed by atoms with Gasteiger partial charge in [0.05, 0.1) is 7.11 Å². The Balaban J connectivity index is 1.74. The molecule has 2 heterocycles. The van der Waals surface area contributed by atoms with Crippen LogP contribution >= 0.6 is 0 Å². The Morgan fingerprint density at radius 2 is 2.10 bits per heavy atom. The Morgan fingerprint density at radius 1 is 1.29 bits per heavy atom. The van der Waals surface area contributed by atoms with Crippen molar-refractivity contribution in [2.75, 3.05) is 32.1 Å². The molecule has 1 aliphatic heterocycles. The Hall–Kier alpha value is -1.81. The Morgan fingerprint density at radius 3 is 2.86 bits per heavy atom. The second kappa shape index (κ2) is 6.31. The number of nitrogens with zero attached hydrogens (tertiary/aromatic N) is 2. The summed E-state index contributed by atoms with van der Waals surface area (Å²) in [5.74, 6) is 1.84.